The van der Waals surface area contributed by atoms with E-state index in [4.69, 9.17) is 4.74 Å². The topological polar surface area (TPSA) is 122 Å². The van der Waals surface area contributed by atoms with E-state index in [1.165, 1.54) is 36.4 Å². The largest absolute Gasteiger partial charge is 0.457 e. The van der Waals surface area contributed by atoms with E-state index in [0.29, 0.717) is 22.9 Å². The maximum Gasteiger partial charge on any atom is 0.264 e. The fourth-order valence-electron chi connectivity index (χ4n) is 5.02. The summed E-state index contributed by atoms with van der Waals surface area (Å²) in [6.45, 7) is 1.31. The molecule has 11 heteroatoms. The number of carbonyl (C=O) groups excluding carboxylic acids is 1. The van der Waals surface area contributed by atoms with Gasteiger partial charge in [0.15, 0.2) is 0 Å². The number of nitrogens with one attached hydrogen (secondary N) is 2. The second kappa shape index (κ2) is 13.6. The van der Waals surface area contributed by atoms with Gasteiger partial charge in [0.2, 0.25) is 5.91 Å². The third-order valence-corrected chi connectivity index (χ3v) is 10.7. The van der Waals surface area contributed by atoms with Gasteiger partial charge < -0.3 is 10.1 Å². The molecule has 0 unspecified atom stereocenters. The lowest BCUT2D eigenvalue weighted by atomic mass is 10.1. The van der Waals surface area contributed by atoms with Gasteiger partial charge in [-0.3, -0.25) is 13.8 Å². The highest BCUT2D eigenvalue weighted by atomic mass is 32.2. The predicted molar refractivity (Wildman–Crippen MR) is 188 cm³/mol. The molecule has 0 saturated heterocycles. The Morgan fingerprint density at radius 3 is 1.96 bits per heavy atom. The summed E-state index contributed by atoms with van der Waals surface area (Å²) in [5.41, 5.74) is 1.88. The summed E-state index contributed by atoms with van der Waals surface area (Å²) in [6, 6.07) is 40.4. The Hall–Kier alpha value is -5.65. The first-order chi connectivity index (χ1) is 23.1. The van der Waals surface area contributed by atoms with Crippen LogP contribution in [0.5, 0.6) is 11.5 Å². The van der Waals surface area contributed by atoms with Crippen molar-refractivity contribution < 1.29 is 26.4 Å². The molecule has 6 rings (SSSR count). The Bertz CT molecular complexity index is 2270. The lowest BCUT2D eigenvalue weighted by molar-refractivity contribution is -0.114. The van der Waals surface area contributed by atoms with Gasteiger partial charge in [-0.25, -0.2) is 16.8 Å². The molecule has 0 aliphatic carbocycles. The predicted octanol–water partition coefficient (Wildman–Crippen LogP) is 7.58. The molecule has 0 aliphatic rings. The zero-order valence-corrected chi connectivity index (χ0v) is 27.4. The minimum Gasteiger partial charge on any atom is -0.457 e. The van der Waals surface area contributed by atoms with E-state index in [1.54, 1.807) is 60.7 Å². The average Bonchev–Trinajstić information content (AvgIpc) is 3.08. The minimum absolute atomic E-state index is 0.00480. The van der Waals surface area contributed by atoms with Gasteiger partial charge in [0, 0.05) is 11.1 Å². The van der Waals surface area contributed by atoms with Gasteiger partial charge in [-0.2, -0.15) is 0 Å². The molecule has 0 aromatic heterocycles. The summed E-state index contributed by atoms with van der Waals surface area (Å²) in [6.07, 6.45) is 0. The molecule has 48 heavy (non-hydrogen) atoms. The molecule has 0 fully saturated rings. The number of para-hydroxylation sites is 1. The number of sulfonamides is 2. The lowest BCUT2D eigenvalue weighted by Gasteiger charge is -2.24. The molecule has 2 N–H and O–H groups in total. The van der Waals surface area contributed by atoms with Crippen LogP contribution in [-0.4, -0.2) is 29.3 Å². The number of aryl methyl sites for hydroxylation is 1. The molecule has 0 saturated carbocycles. The van der Waals surface area contributed by atoms with Crippen LogP contribution in [0.4, 0.5) is 17.1 Å². The van der Waals surface area contributed by atoms with Crippen LogP contribution in [0.15, 0.2) is 155 Å². The Kier molecular flexibility index (Phi) is 9.15. The van der Waals surface area contributed by atoms with Crippen molar-refractivity contribution in [2.75, 3.05) is 20.9 Å². The summed E-state index contributed by atoms with van der Waals surface area (Å²) >= 11 is 0. The molecular weight excluding hydrogens is 647 g/mol. The smallest absolute Gasteiger partial charge is 0.264 e. The standard InChI is InChI=1S/C37H31N3O6S2/c1-27-14-22-34(23-15-27)48(44,45)40(30-18-20-32(21-19-30)46-31-10-3-2-4-11-31)26-37(41)38-29-16-24-33(25-17-29)47(42,43)39-36-13-7-9-28-8-5-6-12-35(28)36/h2-25,39H,26H2,1H3,(H,38,41). The first-order valence-corrected chi connectivity index (χ1v) is 17.8. The Morgan fingerprint density at radius 2 is 1.25 bits per heavy atom. The molecule has 0 radical (unpaired) electrons. The molecule has 242 valence electrons. The van der Waals surface area contributed by atoms with Gasteiger partial charge in [-0.1, -0.05) is 72.3 Å². The van der Waals surface area contributed by atoms with Crippen LogP contribution in [0.1, 0.15) is 5.56 Å². The Morgan fingerprint density at radius 1 is 0.646 bits per heavy atom. The molecule has 0 bridgehead atoms. The van der Waals surface area contributed by atoms with Crippen molar-refractivity contribution in [3.63, 3.8) is 0 Å². The van der Waals surface area contributed by atoms with Gasteiger partial charge in [0.1, 0.15) is 18.0 Å². The van der Waals surface area contributed by atoms with Crippen molar-refractivity contribution in [2.24, 2.45) is 0 Å². The van der Waals surface area contributed by atoms with E-state index in [9.17, 15) is 21.6 Å². The average molecular weight is 678 g/mol. The van der Waals surface area contributed by atoms with E-state index >= 15 is 0 Å². The number of hydrogen-bond acceptors (Lipinski definition) is 6. The Labute approximate surface area is 279 Å². The maximum atomic E-state index is 13.8. The number of rotatable bonds is 11. The number of anilines is 3. The van der Waals surface area contributed by atoms with Crippen molar-refractivity contribution >= 4 is 53.8 Å². The van der Waals surface area contributed by atoms with E-state index in [-0.39, 0.29) is 15.5 Å². The van der Waals surface area contributed by atoms with Crippen LogP contribution in [0.25, 0.3) is 10.8 Å². The number of ether oxygens (including phenoxy) is 1. The van der Waals surface area contributed by atoms with Crippen LogP contribution in [0.3, 0.4) is 0 Å². The fourth-order valence-corrected chi connectivity index (χ4v) is 7.52. The van der Waals surface area contributed by atoms with Crippen molar-refractivity contribution in [3.8, 4) is 11.5 Å². The molecule has 9 nitrogen and oxygen atoms in total. The molecular formula is C37H31N3O6S2. The maximum absolute atomic E-state index is 13.8. The van der Waals surface area contributed by atoms with E-state index in [1.807, 2.05) is 55.5 Å². The van der Waals surface area contributed by atoms with Gasteiger partial charge in [-0.05, 0) is 91.2 Å². The van der Waals surface area contributed by atoms with Crippen molar-refractivity contribution in [2.45, 2.75) is 16.7 Å². The molecule has 0 atom stereocenters. The second-order valence-corrected chi connectivity index (χ2v) is 14.5. The molecule has 6 aromatic carbocycles. The fraction of sp³-hybridized carbons (Fsp3) is 0.0541. The zero-order valence-electron chi connectivity index (χ0n) is 25.8. The zero-order chi connectivity index (χ0) is 33.7. The molecule has 0 aliphatic heterocycles. The Balaban J connectivity index is 1.20. The summed E-state index contributed by atoms with van der Waals surface area (Å²) in [5, 5.41) is 4.34. The third kappa shape index (κ3) is 7.33. The van der Waals surface area contributed by atoms with Crippen LogP contribution in [0, 0.1) is 6.92 Å². The van der Waals surface area contributed by atoms with Gasteiger partial charge >= 0.3 is 0 Å². The summed E-state index contributed by atoms with van der Waals surface area (Å²) < 4.78 is 63.6. The van der Waals surface area contributed by atoms with Gasteiger partial charge in [0.25, 0.3) is 20.0 Å². The van der Waals surface area contributed by atoms with Crippen LogP contribution < -0.4 is 19.1 Å². The van der Waals surface area contributed by atoms with Gasteiger partial charge in [0.05, 0.1) is 21.2 Å². The molecule has 0 spiro atoms. The van der Waals surface area contributed by atoms with E-state index < -0.39 is 32.5 Å². The minimum atomic E-state index is -4.16. The van der Waals surface area contributed by atoms with Crippen molar-refractivity contribution in [1.29, 1.82) is 0 Å². The number of fused-ring (bicyclic) bond motifs is 1. The second-order valence-electron chi connectivity index (χ2n) is 10.9. The highest BCUT2D eigenvalue weighted by Gasteiger charge is 2.27. The number of nitrogens with zero attached hydrogens (tertiary/aromatic N) is 1. The summed E-state index contributed by atoms with van der Waals surface area (Å²) in [7, 11) is -8.10. The van der Waals surface area contributed by atoms with Gasteiger partial charge in [-0.15, -0.1) is 0 Å². The molecule has 0 heterocycles. The van der Waals surface area contributed by atoms with E-state index in [2.05, 4.69) is 10.0 Å². The highest BCUT2D eigenvalue weighted by molar-refractivity contribution is 7.93. The SMILES string of the molecule is Cc1ccc(S(=O)(=O)N(CC(=O)Nc2ccc(S(=O)(=O)Nc3cccc4ccccc34)cc2)c2ccc(Oc3ccccc3)cc2)cc1. The molecule has 6 aromatic rings. The third-order valence-electron chi connectivity index (χ3n) is 7.48. The van der Waals surface area contributed by atoms with Crippen LogP contribution in [0.2, 0.25) is 0 Å². The first kappa shape index (κ1) is 32.3. The van der Waals surface area contributed by atoms with Crippen molar-refractivity contribution in [1.82, 2.24) is 0 Å². The first-order valence-electron chi connectivity index (χ1n) is 14.9. The quantitative estimate of drug-likeness (QED) is 0.146. The lowest BCUT2D eigenvalue weighted by Crippen LogP contribution is -2.38. The van der Waals surface area contributed by atoms with E-state index in [0.717, 1.165) is 20.6 Å². The normalized spacial score (nSPS) is 11.5. The molecule has 1 amide bonds. The van der Waals surface area contributed by atoms with Crippen molar-refractivity contribution in [3.05, 3.63) is 151 Å². The number of carbonyl (C=O) groups is 1. The van der Waals surface area contributed by atoms with Crippen LogP contribution in [-0.2, 0) is 24.8 Å². The summed E-state index contributed by atoms with van der Waals surface area (Å²) in [4.78, 5) is 13.3. The number of amides is 1. The van der Waals surface area contributed by atoms with Crippen LogP contribution >= 0.6 is 0 Å². The number of hydrogen-bond donors (Lipinski definition) is 2. The monoisotopic (exact) mass is 677 g/mol. The number of benzene rings is 6. The summed E-state index contributed by atoms with van der Waals surface area (Å²) in [5.74, 6) is 0.490. The highest BCUT2D eigenvalue weighted by Crippen LogP contribution is 2.29.